The lowest BCUT2D eigenvalue weighted by Gasteiger charge is -2.49. The molecule has 0 saturated carbocycles. The normalized spacial score (nSPS) is 28.2. The molecule has 2 heterocycles. The number of aryl methyl sites for hydroxylation is 1. The van der Waals surface area contributed by atoms with Gasteiger partial charge in [-0.1, -0.05) is 20.8 Å². The van der Waals surface area contributed by atoms with E-state index in [0.717, 1.165) is 26.1 Å². The molecule has 1 fully saturated rings. The van der Waals surface area contributed by atoms with Crippen molar-refractivity contribution in [2.45, 2.75) is 52.1 Å². The van der Waals surface area contributed by atoms with E-state index >= 15 is 0 Å². The lowest BCUT2D eigenvalue weighted by atomic mass is 9.89. The number of hydrogen-bond donors (Lipinski definition) is 1. The van der Waals surface area contributed by atoms with Gasteiger partial charge in [0.1, 0.15) is 5.82 Å². The van der Waals surface area contributed by atoms with Gasteiger partial charge in [-0.05, 0) is 19.3 Å². The van der Waals surface area contributed by atoms with Gasteiger partial charge in [-0.3, -0.25) is 4.90 Å². The molecule has 1 aliphatic rings. The Kier molecular flexibility index (Phi) is 4.86. The molecule has 1 N–H and O–H groups in total. The minimum absolute atomic E-state index is 0.274. The first-order chi connectivity index (χ1) is 9.46. The largest absolute Gasteiger partial charge is 0.338 e. The molecule has 0 amide bonds. The van der Waals surface area contributed by atoms with E-state index < -0.39 is 0 Å². The molecule has 0 spiro atoms. The molecule has 4 nitrogen and oxygen atoms in total. The summed E-state index contributed by atoms with van der Waals surface area (Å²) >= 11 is 0. The van der Waals surface area contributed by atoms with E-state index in [-0.39, 0.29) is 5.54 Å². The second-order valence-corrected chi connectivity index (χ2v) is 6.73. The Hall–Kier alpha value is -0.870. The Morgan fingerprint density at radius 2 is 2.25 bits per heavy atom. The highest BCUT2D eigenvalue weighted by atomic mass is 15.3. The van der Waals surface area contributed by atoms with Gasteiger partial charge >= 0.3 is 0 Å². The van der Waals surface area contributed by atoms with Gasteiger partial charge in [0.2, 0.25) is 0 Å². The third kappa shape index (κ3) is 3.23. The summed E-state index contributed by atoms with van der Waals surface area (Å²) in [6.07, 6.45) is 6.14. The van der Waals surface area contributed by atoms with Crippen LogP contribution in [-0.4, -0.2) is 45.7 Å². The van der Waals surface area contributed by atoms with Crippen LogP contribution in [0.3, 0.4) is 0 Å². The van der Waals surface area contributed by atoms with Crippen LogP contribution in [0.4, 0.5) is 0 Å². The fourth-order valence-corrected chi connectivity index (χ4v) is 3.01. The van der Waals surface area contributed by atoms with Crippen LogP contribution in [0, 0.1) is 5.92 Å². The summed E-state index contributed by atoms with van der Waals surface area (Å²) in [5.41, 5.74) is 0.274. The minimum Gasteiger partial charge on any atom is -0.338 e. The molecule has 1 aliphatic heterocycles. The molecule has 4 heteroatoms. The summed E-state index contributed by atoms with van der Waals surface area (Å²) in [6, 6.07) is 0.607. The van der Waals surface area contributed by atoms with E-state index in [2.05, 4.69) is 54.5 Å². The molecular formula is C16H30N4. The molecule has 1 saturated heterocycles. The van der Waals surface area contributed by atoms with Crippen molar-refractivity contribution in [1.82, 2.24) is 19.8 Å². The van der Waals surface area contributed by atoms with Crippen LogP contribution in [0.5, 0.6) is 0 Å². The summed E-state index contributed by atoms with van der Waals surface area (Å²) in [7, 11) is 2.08. The smallest absolute Gasteiger partial charge is 0.109 e. The third-order valence-electron chi connectivity index (χ3n) is 5.02. The fraction of sp³-hybridized carbons (Fsp3) is 0.812. The monoisotopic (exact) mass is 278 g/mol. The molecule has 2 atom stereocenters. The van der Waals surface area contributed by atoms with E-state index in [4.69, 9.17) is 0 Å². The third-order valence-corrected chi connectivity index (χ3v) is 5.02. The first-order valence-electron chi connectivity index (χ1n) is 7.91. The number of piperazine rings is 1. The summed E-state index contributed by atoms with van der Waals surface area (Å²) in [5, 5.41) is 3.73. The highest BCUT2D eigenvalue weighted by Gasteiger charge is 2.36. The Bertz CT molecular complexity index is 426. The molecule has 114 valence electrons. The Morgan fingerprint density at radius 1 is 1.50 bits per heavy atom. The first kappa shape index (κ1) is 15.5. The van der Waals surface area contributed by atoms with E-state index in [1.807, 2.05) is 12.4 Å². The zero-order valence-corrected chi connectivity index (χ0v) is 13.7. The zero-order valence-electron chi connectivity index (χ0n) is 13.7. The Morgan fingerprint density at radius 3 is 2.80 bits per heavy atom. The number of aromatic nitrogens is 2. The van der Waals surface area contributed by atoms with Gasteiger partial charge in [0, 0.05) is 57.1 Å². The molecule has 0 radical (unpaired) electrons. The topological polar surface area (TPSA) is 33.1 Å². The van der Waals surface area contributed by atoms with Crippen LogP contribution in [0.25, 0.3) is 0 Å². The van der Waals surface area contributed by atoms with Crippen LogP contribution >= 0.6 is 0 Å². The van der Waals surface area contributed by atoms with Gasteiger partial charge in [-0.2, -0.15) is 0 Å². The maximum atomic E-state index is 4.45. The van der Waals surface area contributed by atoms with Crippen LogP contribution in [0.15, 0.2) is 12.4 Å². The number of nitrogens with zero attached hydrogens (tertiary/aromatic N) is 3. The van der Waals surface area contributed by atoms with Gasteiger partial charge in [0.15, 0.2) is 0 Å². The van der Waals surface area contributed by atoms with E-state index in [9.17, 15) is 0 Å². The highest BCUT2D eigenvalue weighted by Crippen LogP contribution is 2.25. The SMILES string of the molecule is CCC1(C)CNC(C(C)C)CN1CCc1nccn1C. The number of imidazole rings is 1. The Labute approximate surface area is 123 Å². The quantitative estimate of drug-likeness (QED) is 0.895. The van der Waals surface area contributed by atoms with Crippen molar-refractivity contribution < 1.29 is 0 Å². The second kappa shape index (κ2) is 6.27. The summed E-state index contributed by atoms with van der Waals surface area (Å²) in [4.78, 5) is 7.12. The van der Waals surface area contributed by atoms with Crippen molar-refractivity contribution in [3.05, 3.63) is 18.2 Å². The zero-order chi connectivity index (χ0) is 14.8. The van der Waals surface area contributed by atoms with Gasteiger partial charge in [-0.15, -0.1) is 0 Å². The molecule has 0 aliphatic carbocycles. The van der Waals surface area contributed by atoms with Crippen molar-refractivity contribution in [2.75, 3.05) is 19.6 Å². The van der Waals surface area contributed by atoms with Gasteiger partial charge in [0.25, 0.3) is 0 Å². The average Bonchev–Trinajstić information content (AvgIpc) is 2.83. The molecule has 0 aromatic carbocycles. The Balaban J connectivity index is 2.02. The lowest BCUT2D eigenvalue weighted by molar-refractivity contribution is 0.0392. The van der Waals surface area contributed by atoms with Crippen molar-refractivity contribution >= 4 is 0 Å². The summed E-state index contributed by atoms with van der Waals surface area (Å²) < 4.78 is 2.13. The van der Waals surface area contributed by atoms with Crippen molar-refractivity contribution in [3.8, 4) is 0 Å². The average molecular weight is 278 g/mol. The summed E-state index contributed by atoms with van der Waals surface area (Å²) in [6.45, 7) is 12.6. The maximum Gasteiger partial charge on any atom is 0.109 e. The van der Waals surface area contributed by atoms with Gasteiger partial charge < -0.3 is 9.88 Å². The first-order valence-corrected chi connectivity index (χ1v) is 7.91. The van der Waals surface area contributed by atoms with E-state index in [1.165, 1.54) is 12.2 Å². The van der Waals surface area contributed by atoms with Crippen LogP contribution in [0.1, 0.15) is 39.9 Å². The highest BCUT2D eigenvalue weighted by molar-refractivity contribution is 4.98. The van der Waals surface area contributed by atoms with Crippen molar-refractivity contribution in [1.29, 1.82) is 0 Å². The second-order valence-electron chi connectivity index (χ2n) is 6.73. The van der Waals surface area contributed by atoms with Crippen LogP contribution in [0.2, 0.25) is 0 Å². The van der Waals surface area contributed by atoms with E-state index in [1.54, 1.807) is 0 Å². The van der Waals surface area contributed by atoms with E-state index in [0.29, 0.717) is 12.0 Å². The standard InChI is InChI=1S/C16H30N4/c1-6-16(4)12-18-14(13(2)3)11-20(16)9-7-15-17-8-10-19(15)5/h8,10,13-14,18H,6-7,9,11-12H2,1-5H3. The molecular weight excluding hydrogens is 248 g/mol. The molecule has 2 rings (SSSR count). The van der Waals surface area contributed by atoms with Crippen LogP contribution in [-0.2, 0) is 13.5 Å². The maximum absolute atomic E-state index is 4.45. The molecule has 1 aromatic heterocycles. The van der Waals surface area contributed by atoms with Crippen molar-refractivity contribution in [2.24, 2.45) is 13.0 Å². The molecule has 2 unspecified atom stereocenters. The molecule has 0 bridgehead atoms. The molecule has 1 aromatic rings. The number of rotatable bonds is 5. The predicted molar refractivity (Wildman–Crippen MR) is 83.8 cm³/mol. The van der Waals surface area contributed by atoms with Crippen LogP contribution < -0.4 is 5.32 Å². The fourth-order valence-electron chi connectivity index (χ4n) is 3.01. The lowest BCUT2D eigenvalue weighted by Crippen LogP contribution is -2.64. The van der Waals surface area contributed by atoms with Gasteiger partial charge in [-0.25, -0.2) is 4.98 Å². The number of nitrogens with one attached hydrogen (secondary N) is 1. The summed E-state index contributed by atoms with van der Waals surface area (Å²) in [5.74, 6) is 1.87. The molecule has 20 heavy (non-hydrogen) atoms. The minimum atomic E-state index is 0.274. The van der Waals surface area contributed by atoms with Gasteiger partial charge in [0.05, 0.1) is 0 Å². The predicted octanol–water partition coefficient (Wildman–Crippen LogP) is 2.06. The van der Waals surface area contributed by atoms with Crippen molar-refractivity contribution in [3.63, 3.8) is 0 Å². The number of hydrogen-bond acceptors (Lipinski definition) is 3.